The van der Waals surface area contributed by atoms with Gasteiger partial charge in [-0.15, -0.1) is 0 Å². The van der Waals surface area contributed by atoms with Crippen molar-refractivity contribution < 1.29 is 9.31 Å². The average Bonchev–Trinajstić information content (AvgIpc) is 2.48. The van der Waals surface area contributed by atoms with Crippen molar-refractivity contribution in [3.8, 4) is 0 Å². The molecule has 1 saturated heterocycles. The first-order valence-electron chi connectivity index (χ1n) is 6.36. The number of hydrogen-bond donors (Lipinski definition) is 0. The highest BCUT2D eigenvalue weighted by Crippen LogP contribution is 2.36. The first-order valence-corrected chi connectivity index (χ1v) is 8.60. The third-order valence-electron chi connectivity index (χ3n) is 3.93. The van der Waals surface area contributed by atoms with Gasteiger partial charge in [-0.1, -0.05) is 32.2 Å². The monoisotopic (exact) mass is 264 g/mol. The predicted molar refractivity (Wildman–Crippen MR) is 80.6 cm³/mol. The highest BCUT2D eigenvalue weighted by Gasteiger charge is 2.52. The Bertz CT molecular complexity index is 427. The predicted octanol–water partition coefficient (Wildman–Crippen LogP) is 2.35. The van der Waals surface area contributed by atoms with E-state index in [0.717, 1.165) is 0 Å². The van der Waals surface area contributed by atoms with Crippen molar-refractivity contribution in [3.63, 3.8) is 0 Å². The molecule has 0 atom stereocenters. The van der Waals surface area contributed by atoms with Crippen LogP contribution in [0.1, 0.15) is 27.7 Å². The summed E-state index contributed by atoms with van der Waals surface area (Å²) in [5.74, 6) is 0. The average molecular weight is 264 g/mol. The third kappa shape index (κ3) is 2.36. The quantitative estimate of drug-likeness (QED) is 0.603. The van der Waals surface area contributed by atoms with E-state index in [1.54, 1.807) is 0 Å². The maximum absolute atomic E-state index is 6.13. The zero-order chi connectivity index (χ0) is 13.6. The highest BCUT2D eigenvalue weighted by molar-refractivity contribution is 7.64. The zero-order valence-corrected chi connectivity index (χ0v) is 13.0. The summed E-state index contributed by atoms with van der Waals surface area (Å²) in [6.45, 7) is 12.9. The van der Waals surface area contributed by atoms with E-state index in [2.05, 4.69) is 65.3 Å². The molecule has 1 aromatic rings. The van der Waals surface area contributed by atoms with Crippen LogP contribution in [0.15, 0.2) is 24.3 Å². The zero-order valence-electron chi connectivity index (χ0n) is 12.2. The fraction of sp³-hybridized carbons (Fsp3) is 0.571. The summed E-state index contributed by atoms with van der Waals surface area (Å²) in [6.07, 6.45) is 0. The molecule has 0 bridgehead atoms. The Morgan fingerprint density at radius 3 is 1.94 bits per heavy atom. The van der Waals surface area contributed by atoms with Gasteiger partial charge in [0, 0.05) is 0 Å². The van der Waals surface area contributed by atoms with Crippen LogP contribution in [-0.4, -0.2) is 31.7 Å². The normalized spacial score (nSPS) is 21.6. The van der Waals surface area contributed by atoms with Gasteiger partial charge in [0.25, 0.3) is 0 Å². The van der Waals surface area contributed by atoms with Gasteiger partial charge in [-0.25, -0.2) is 0 Å². The van der Waals surface area contributed by atoms with E-state index in [1.807, 2.05) is 0 Å². The van der Waals surface area contributed by atoms with Gasteiger partial charge in [-0.05, 0) is 51.8 Å². The molecule has 0 amide bonds. The first-order chi connectivity index (χ1) is 8.24. The van der Waals surface area contributed by atoms with E-state index < -0.39 is 0 Å². The molecule has 0 N–H and O–H groups in total. The summed E-state index contributed by atoms with van der Waals surface area (Å²) in [5, 5.41) is 1.37. The van der Waals surface area contributed by atoms with Crippen LogP contribution in [0.25, 0.3) is 0 Å². The minimum Gasteiger partial charge on any atom is -0.399 e. The molecule has 0 spiro atoms. The molecule has 0 radical (unpaired) electrons. The molecule has 1 aromatic carbocycles. The lowest BCUT2D eigenvalue weighted by molar-refractivity contribution is 0.00578. The molecule has 1 heterocycles. The van der Waals surface area contributed by atoms with E-state index in [9.17, 15) is 0 Å². The van der Waals surface area contributed by atoms with Crippen LogP contribution in [0.3, 0.4) is 0 Å². The van der Waals surface area contributed by atoms with Gasteiger partial charge in [-0.3, -0.25) is 0 Å². The van der Waals surface area contributed by atoms with Crippen molar-refractivity contribution in [1.82, 2.24) is 0 Å². The molecule has 1 aliphatic rings. The molecule has 1 fully saturated rings. The molecule has 0 unspecified atom stereocenters. The molecule has 2 nitrogen and oxygen atoms in total. The van der Waals surface area contributed by atoms with Gasteiger partial charge >= 0.3 is 7.12 Å². The topological polar surface area (TPSA) is 18.5 Å². The fourth-order valence-electron chi connectivity index (χ4n) is 2.06. The summed E-state index contributed by atoms with van der Waals surface area (Å²) in [6, 6.07) is 8.46. The van der Waals surface area contributed by atoms with E-state index in [-0.39, 0.29) is 26.2 Å². The van der Waals surface area contributed by atoms with E-state index >= 15 is 0 Å². The summed E-state index contributed by atoms with van der Waals surface area (Å²) in [7, 11) is -0.394. The van der Waals surface area contributed by atoms with Crippen molar-refractivity contribution >= 4 is 25.8 Å². The smallest absolute Gasteiger partial charge is 0.399 e. The molecule has 4 heteroatoms. The molecule has 98 valence electrons. The second kappa shape index (κ2) is 4.63. The van der Waals surface area contributed by atoms with E-state index in [1.165, 1.54) is 10.8 Å². The summed E-state index contributed by atoms with van der Waals surface area (Å²) >= 11 is 0. The lowest BCUT2D eigenvalue weighted by atomic mass is 9.79. The Labute approximate surface area is 112 Å². The van der Waals surface area contributed by atoms with Gasteiger partial charge in [0.2, 0.25) is 0 Å². The number of hydrogen-bond acceptors (Lipinski definition) is 2. The Balaban J connectivity index is 2.35. The summed E-state index contributed by atoms with van der Waals surface area (Å²) in [4.78, 5) is 0. The first kappa shape index (κ1) is 14.1. The van der Waals surface area contributed by atoms with Crippen molar-refractivity contribution in [1.29, 1.82) is 0 Å². The van der Waals surface area contributed by atoms with Crippen molar-refractivity contribution in [2.45, 2.75) is 38.9 Å². The van der Waals surface area contributed by atoms with Gasteiger partial charge in [0.15, 0.2) is 0 Å². The maximum Gasteiger partial charge on any atom is 0.495 e. The van der Waals surface area contributed by atoms with Crippen LogP contribution < -0.4 is 10.8 Å². The largest absolute Gasteiger partial charge is 0.495 e. The number of rotatable bonds is 2. The second-order valence-electron chi connectivity index (χ2n) is 6.04. The van der Waals surface area contributed by atoms with Crippen LogP contribution in [0.2, 0.25) is 0 Å². The molecular weight excluding hydrogens is 242 g/mol. The molecule has 0 saturated carbocycles. The van der Waals surface area contributed by atoms with Crippen LogP contribution in [0.5, 0.6) is 0 Å². The van der Waals surface area contributed by atoms with Crippen LogP contribution >= 0.6 is 7.92 Å². The minimum absolute atomic E-state index is 0.154. The van der Waals surface area contributed by atoms with Crippen LogP contribution in [-0.2, 0) is 9.31 Å². The summed E-state index contributed by atoms with van der Waals surface area (Å²) < 4.78 is 12.3. The molecular formula is C14H22BO2P. The second-order valence-corrected chi connectivity index (χ2v) is 8.31. The third-order valence-corrected chi connectivity index (χ3v) is 5.30. The van der Waals surface area contributed by atoms with Crippen molar-refractivity contribution in [2.75, 3.05) is 13.3 Å². The molecule has 0 aliphatic carbocycles. The SMILES string of the molecule is CP(C)c1ccccc1B1OC(C)(C)C(C)(C)O1. The van der Waals surface area contributed by atoms with Crippen molar-refractivity contribution in [3.05, 3.63) is 24.3 Å². The van der Waals surface area contributed by atoms with Crippen molar-refractivity contribution in [2.24, 2.45) is 0 Å². The van der Waals surface area contributed by atoms with Gasteiger partial charge in [0.1, 0.15) is 0 Å². The highest BCUT2D eigenvalue weighted by atomic mass is 31.1. The standard InChI is InChI=1S/C14H22BO2P/c1-13(2)14(3,4)17-15(16-13)11-9-7-8-10-12(11)18(5)6/h7-10H,1-6H3. The van der Waals surface area contributed by atoms with E-state index in [4.69, 9.17) is 9.31 Å². The Hall–Kier alpha value is -0.365. The molecule has 18 heavy (non-hydrogen) atoms. The Kier molecular flexibility index (Phi) is 3.61. The molecule has 1 aliphatic heterocycles. The lowest BCUT2D eigenvalue weighted by Gasteiger charge is -2.32. The van der Waals surface area contributed by atoms with Gasteiger partial charge < -0.3 is 9.31 Å². The van der Waals surface area contributed by atoms with Gasteiger partial charge in [0.05, 0.1) is 11.2 Å². The van der Waals surface area contributed by atoms with Crippen LogP contribution in [0, 0.1) is 0 Å². The Morgan fingerprint density at radius 2 is 1.44 bits per heavy atom. The minimum atomic E-state index is -0.269. The fourth-order valence-corrected chi connectivity index (χ4v) is 3.14. The van der Waals surface area contributed by atoms with Crippen LogP contribution in [0.4, 0.5) is 0 Å². The van der Waals surface area contributed by atoms with Gasteiger partial charge in [-0.2, -0.15) is 0 Å². The Morgan fingerprint density at radius 1 is 0.944 bits per heavy atom. The summed E-state index contributed by atoms with van der Waals surface area (Å²) in [5.41, 5.74) is 0.650. The van der Waals surface area contributed by atoms with E-state index in [0.29, 0.717) is 0 Å². The number of benzene rings is 1. The molecule has 0 aromatic heterocycles. The lowest BCUT2D eigenvalue weighted by Crippen LogP contribution is -2.42. The maximum atomic E-state index is 6.13. The molecule has 2 rings (SSSR count).